The minimum atomic E-state index is -3.87. The molecule has 1 aromatic heterocycles. The molecule has 0 radical (unpaired) electrons. The summed E-state index contributed by atoms with van der Waals surface area (Å²) in [5.41, 5.74) is 3.36. The van der Waals surface area contributed by atoms with Crippen molar-refractivity contribution in [2.24, 2.45) is 11.1 Å². The van der Waals surface area contributed by atoms with Gasteiger partial charge in [0.05, 0.1) is 27.6 Å². The summed E-state index contributed by atoms with van der Waals surface area (Å²) in [4.78, 5) is 20.8. The Morgan fingerprint density at radius 1 is 1.24 bits per heavy atom. The van der Waals surface area contributed by atoms with Crippen LogP contribution in [-0.4, -0.2) is 44.2 Å². The molecule has 2 atom stereocenters. The van der Waals surface area contributed by atoms with Gasteiger partial charge in [0.15, 0.2) is 5.71 Å². The topological polar surface area (TPSA) is 148 Å². The van der Waals surface area contributed by atoms with Crippen molar-refractivity contribution >= 4 is 38.2 Å². The van der Waals surface area contributed by atoms with Gasteiger partial charge in [-0.1, -0.05) is 23.4 Å². The van der Waals surface area contributed by atoms with E-state index in [9.17, 15) is 18.5 Å². The van der Waals surface area contributed by atoms with Crippen LogP contribution in [0.25, 0.3) is 10.9 Å². The summed E-state index contributed by atoms with van der Waals surface area (Å²) in [7, 11) is -3.87. The lowest BCUT2D eigenvalue weighted by Gasteiger charge is -2.11. The zero-order chi connectivity index (χ0) is 23.9. The molecule has 1 saturated heterocycles. The van der Waals surface area contributed by atoms with Crippen LogP contribution >= 0.6 is 0 Å². The lowest BCUT2D eigenvalue weighted by atomic mass is 10.0. The van der Waals surface area contributed by atoms with E-state index in [1.165, 1.54) is 12.1 Å². The second-order valence-corrected chi connectivity index (χ2v) is 9.99. The van der Waals surface area contributed by atoms with E-state index < -0.39 is 10.0 Å². The van der Waals surface area contributed by atoms with Gasteiger partial charge in [-0.25, -0.2) is 8.42 Å². The monoisotopic (exact) mass is 478 g/mol. The zero-order valence-corrected chi connectivity index (χ0v) is 19.1. The molecular weight excluding hydrogens is 456 g/mol. The third-order valence-electron chi connectivity index (χ3n) is 6.12. The maximum absolute atomic E-state index is 13.0. The number of aromatic amines is 1. The van der Waals surface area contributed by atoms with E-state index in [-0.39, 0.29) is 29.4 Å². The van der Waals surface area contributed by atoms with Crippen molar-refractivity contribution in [1.29, 1.82) is 5.26 Å². The van der Waals surface area contributed by atoms with Crippen molar-refractivity contribution in [3.8, 4) is 6.07 Å². The van der Waals surface area contributed by atoms with E-state index in [4.69, 9.17) is 4.84 Å². The lowest BCUT2D eigenvalue weighted by molar-refractivity contribution is -0.115. The number of nitriles is 1. The Balaban J connectivity index is 1.27. The van der Waals surface area contributed by atoms with Crippen LogP contribution in [0.15, 0.2) is 52.6 Å². The molecule has 11 heteroatoms. The third-order valence-corrected chi connectivity index (χ3v) is 7.51. The number of sulfonamides is 1. The first kappa shape index (κ1) is 21.9. The fraction of sp³-hybridized carbons (Fsp3) is 0.261. The number of carbonyl (C=O) groups excluding carboxylic acids is 1. The van der Waals surface area contributed by atoms with Crippen LogP contribution < -0.4 is 15.4 Å². The van der Waals surface area contributed by atoms with Gasteiger partial charge in [0.1, 0.15) is 12.2 Å². The summed E-state index contributed by atoms with van der Waals surface area (Å²) in [6, 6.07) is 11.8. The lowest BCUT2D eigenvalue weighted by Crippen LogP contribution is -2.36. The van der Waals surface area contributed by atoms with Crippen molar-refractivity contribution < 1.29 is 18.0 Å². The molecule has 2 aromatic carbocycles. The Morgan fingerprint density at radius 3 is 2.79 bits per heavy atom. The van der Waals surface area contributed by atoms with E-state index in [2.05, 4.69) is 31.6 Å². The first-order valence-electron chi connectivity index (χ1n) is 10.7. The number of hydrogen-bond acceptors (Lipinski definition) is 7. The highest BCUT2D eigenvalue weighted by Gasteiger charge is 2.41. The Bertz CT molecular complexity index is 1450. The first-order chi connectivity index (χ1) is 16.4. The molecule has 0 unspecified atom stereocenters. The summed E-state index contributed by atoms with van der Waals surface area (Å²) in [5.74, 6) is -0.337. The number of rotatable bonds is 6. The number of benzene rings is 2. The number of amides is 1. The van der Waals surface area contributed by atoms with Gasteiger partial charge >= 0.3 is 0 Å². The minimum Gasteiger partial charge on any atom is -0.390 e. The number of hydrogen-bond donors (Lipinski definition) is 4. The maximum atomic E-state index is 13.0. The normalized spacial score (nSPS) is 19.2. The van der Waals surface area contributed by atoms with Crippen LogP contribution in [0.2, 0.25) is 0 Å². The molecule has 34 heavy (non-hydrogen) atoms. The third kappa shape index (κ3) is 3.87. The van der Waals surface area contributed by atoms with Crippen molar-refractivity contribution in [2.75, 3.05) is 17.8 Å². The molecule has 0 aliphatic carbocycles. The SMILES string of the molecule is Cc1ccc(NS(=O)(=O)c2ccc(CNC(=O)C3=NO[C@@H]4CNC[C@H]34)cc2)c2[nH]cc(C#N)c12. The number of fused-ring (bicyclic) bond motifs is 2. The molecule has 2 aliphatic rings. The molecule has 0 bridgehead atoms. The van der Waals surface area contributed by atoms with Crippen molar-refractivity contribution in [2.45, 2.75) is 24.5 Å². The van der Waals surface area contributed by atoms with Crippen molar-refractivity contribution in [1.82, 2.24) is 15.6 Å². The summed E-state index contributed by atoms with van der Waals surface area (Å²) >= 11 is 0. The smallest absolute Gasteiger partial charge is 0.269 e. The van der Waals surface area contributed by atoms with Gasteiger partial charge in [-0.15, -0.1) is 0 Å². The van der Waals surface area contributed by atoms with Gasteiger partial charge in [-0.05, 0) is 36.2 Å². The number of nitrogens with zero attached hydrogens (tertiary/aromatic N) is 2. The highest BCUT2D eigenvalue weighted by atomic mass is 32.2. The van der Waals surface area contributed by atoms with E-state index in [0.717, 1.165) is 11.1 Å². The van der Waals surface area contributed by atoms with Gasteiger partial charge in [0.25, 0.3) is 15.9 Å². The Kier molecular flexibility index (Phi) is 5.47. The van der Waals surface area contributed by atoms with Crippen LogP contribution in [0.5, 0.6) is 0 Å². The molecule has 174 valence electrons. The predicted octanol–water partition coefficient (Wildman–Crippen LogP) is 1.74. The number of oxime groups is 1. The number of anilines is 1. The highest BCUT2D eigenvalue weighted by Crippen LogP contribution is 2.30. The fourth-order valence-corrected chi connectivity index (χ4v) is 5.37. The molecular formula is C23H22N6O4S. The summed E-state index contributed by atoms with van der Waals surface area (Å²) in [6.07, 6.45) is 1.47. The van der Waals surface area contributed by atoms with Crippen molar-refractivity contribution in [3.63, 3.8) is 0 Å². The molecule has 3 heterocycles. The summed E-state index contributed by atoms with van der Waals surface area (Å²) in [6.45, 7) is 3.42. The summed E-state index contributed by atoms with van der Waals surface area (Å²) in [5, 5.41) is 19.9. The number of nitrogens with one attached hydrogen (secondary N) is 4. The van der Waals surface area contributed by atoms with Gasteiger partial charge in [-0.2, -0.15) is 5.26 Å². The molecule has 1 fully saturated rings. The standard InChI is InChI=1S/C23H22N6O4S/c1-13-2-7-18(22-20(13)15(8-24)10-26-22)29-34(31,32)16-5-3-14(4-6-16)9-27-23(30)21-17-11-25-12-19(17)33-28-21/h2-7,10,17,19,25-26,29H,9,11-12H2,1H3,(H,27,30)/t17-,19+/m0/s1. The number of H-pyrrole nitrogens is 1. The van der Waals surface area contributed by atoms with E-state index in [0.29, 0.717) is 41.0 Å². The zero-order valence-electron chi connectivity index (χ0n) is 18.3. The molecule has 4 N–H and O–H groups in total. The average Bonchev–Trinajstić information content (AvgIpc) is 3.55. The molecule has 10 nitrogen and oxygen atoms in total. The quantitative estimate of drug-likeness (QED) is 0.424. The maximum Gasteiger partial charge on any atom is 0.269 e. The molecule has 5 rings (SSSR count). The predicted molar refractivity (Wildman–Crippen MR) is 126 cm³/mol. The van der Waals surface area contributed by atoms with Crippen LogP contribution in [-0.2, 0) is 26.2 Å². The van der Waals surface area contributed by atoms with Gasteiger partial charge in [-0.3, -0.25) is 9.52 Å². The van der Waals surface area contributed by atoms with E-state index in [1.807, 2.05) is 6.92 Å². The Morgan fingerprint density at radius 2 is 2.03 bits per heavy atom. The molecule has 2 aliphatic heterocycles. The van der Waals surface area contributed by atoms with E-state index >= 15 is 0 Å². The molecule has 1 amide bonds. The summed E-state index contributed by atoms with van der Waals surface area (Å²) < 4.78 is 28.5. The van der Waals surface area contributed by atoms with Gasteiger partial charge in [0.2, 0.25) is 0 Å². The molecule has 0 saturated carbocycles. The molecule has 0 spiro atoms. The number of carbonyl (C=O) groups is 1. The minimum absolute atomic E-state index is 0.0456. The second kappa shape index (κ2) is 8.48. The number of aromatic nitrogens is 1. The highest BCUT2D eigenvalue weighted by molar-refractivity contribution is 7.92. The van der Waals surface area contributed by atoms with Crippen LogP contribution in [0, 0.1) is 24.2 Å². The fourth-order valence-electron chi connectivity index (χ4n) is 4.30. The number of aryl methyl sites for hydroxylation is 1. The first-order valence-corrected chi connectivity index (χ1v) is 12.2. The second-order valence-electron chi connectivity index (χ2n) is 8.31. The average molecular weight is 479 g/mol. The Labute approximate surface area is 196 Å². The van der Waals surface area contributed by atoms with Crippen LogP contribution in [0.4, 0.5) is 5.69 Å². The van der Waals surface area contributed by atoms with E-state index in [1.54, 1.807) is 30.5 Å². The van der Waals surface area contributed by atoms with Crippen molar-refractivity contribution in [3.05, 3.63) is 59.3 Å². The largest absolute Gasteiger partial charge is 0.390 e. The van der Waals surface area contributed by atoms with Crippen LogP contribution in [0.3, 0.4) is 0 Å². The van der Waals surface area contributed by atoms with Gasteiger partial charge < -0.3 is 20.5 Å². The van der Waals surface area contributed by atoms with Gasteiger partial charge in [0, 0.05) is 31.2 Å². The van der Waals surface area contributed by atoms with Crippen LogP contribution in [0.1, 0.15) is 16.7 Å². The molecule has 3 aromatic rings. The Hall–Kier alpha value is -3.88.